The molecule has 104 valence electrons. The summed E-state index contributed by atoms with van der Waals surface area (Å²) in [6, 6.07) is 11.4. The van der Waals surface area contributed by atoms with Crippen LogP contribution in [0, 0.1) is 0 Å². The molecule has 2 atom stereocenters. The van der Waals surface area contributed by atoms with E-state index in [2.05, 4.69) is 15.9 Å². The predicted molar refractivity (Wildman–Crippen MR) is 85.5 cm³/mol. The lowest BCUT2D eigenvalue weighted by molar-refractivity contribution is 0.161. The molecule has 2 unspecified atom stereocenters. The zero-order valence-electron chi connectivity index (χ0n) is 10.4. The third kappa shape index (κ3) is 2.56. The lowest BCUT2D eigenvalue weighted by atomic mass is 9.93. The summed E-state index contributed by atoms with van der Waals surface area (Å²) in [5, 5.41) is 1.06. The Labute approximate surface area is 136 Å². The van der Waals surface area contributed by atoms with Gasteiger partial charge in [-0.15, -0.1) is 0 Å². The summed E-state index contributed by atoms with van der Waals surface area (Å²) in [7, 11) is 0. The molecule has 2 nitrogen and oxygen atoms in total. The number of hydrogen-bond acceptors (Lipinski definition) is 2. The van der Waals surface area contributed by atoms with E-state index in [9.17, 15) is 0 Å². The second-order valence-corrected chi connectivity index (χ2v) is 6.47. The van der Waals surface area contributed by atoms with Gasteiger partial charge in [0.1, 0.15) is 11.9 Å². The minimum Gasteiger partial charge on any atom is -0.485 e. The first-order valence-corrected chi connectivity index (χ1v) is 7.76. The second kappa shape index (κ2) is 5.57. The van der Waals surface area contributed by atoms with Gasteiger partial charge >= 0.3 is 0 Å². The zero-order chi connectivity index (χ0) is 14.3. The Hall–Kier alpha value is -0.740. The lowest BCUT2D eigenvalue weighted by Crippen LogP contribution is -2.24. The van der Waals surface area contributed by atoms with Crippen molar-refractivity contribution < 1.29 is 4.74 Å². The van der Waals surface area contributed by atoms with Crippen molar-refractivity contribution in [3.63, 3.8) is 0 Å². The van der Waals surface area contributed by atoms with E-state index in [0.717, 1.165) is 21.3 Å². The Bertz CT molecular complexity index is 662. The summed E-state index contributed by atoms with van der Waals surface area (Å²) in [6.07, 6.45) is 0.493. The van der Waals surface area contributed by atoms with Gasteiger partial charge in [0.2, 0.25) is 0 Å². The Morgan fingerprint density at radius 1 is 1.15 bits per heavy atom. The fourth-order valence-electron chi connectivity index (χ4n) is 2.44. The zero-order valence-corrected chi connectivity index (χ0v) is 13.5. The molecule has 2 aromatic carbocycles. The summed E-state index contributed by atoms with van der Waals surface area (Å²) in [4.78, 5) is 0. The molecule has 0 saturated carbocycles. The number of fused-ring (bicyclic) bond motifs is 1. The van der Waals surface area contributed by atoms with Gasteiger partial charge in [0, 0.05) is 28.1 Å². The minimum atomic E-state index is -0.182. The summed E-state index contributed by atoms with van der Waals surface area (Å²) in [6.45, 7) is 0. The van der Waals surface area contributed by atoms with Gasteiger partial charge in [-0.3, -0.25) is 0 Å². The van der Waals surface area contributed by atoms with Gasteiger partial charge < -0.3 is 10.5 Å². The monoisotopic (exact) mass is 371 g/mol. The van der Waals surface area contributed by atoms with E-state index in [1.165, 1.54) is 0 Å². The normalized spacial score (nSPS) is 21.2. The van der Waals surface area contributed by atoms with Crippen LogP contribution in [0.2, 0.25) is 10.0 Å². The van der Waals surface area contributed by atoms with Gasteiger partial charge in [0.15, 0.2) is 0 Å². The van der Waals surface area contributed by atoms with Crippen LogP contribution in [0.1, 0.15) is 29.7 Å². The maximum absolute atomic E-state index is 6.27. The number of benzene rings is 2. The second-order valence-electron chi connectivity index (χ2n) is 4.77. The van der Waals surface area contributed by atoms with Crippen LogP contribution in [0.15, 0.2) is 40.9 Å². The van der Waals surface area contributed by atoms with Crippen LogP contribution in [0.3, 0.4) is 0 Å². The SMILES string of the molecule is NC1CC(c2cccc(Cl)c2Cl)Oc2cc(Br)ccc21. The topological polar surface area (TPSA) is 35.2 Å². The van der Waals surface area contributed by atoms with Crippen LogP contribution in [-0.4, -0.2) is 0 Å². The van der Waals surface area contributed by atoms with Gasteiger partial charge in [0.05, 0.1) is 10.0 Å². The molecule has 1 aliphatic heterocycles. The molecule has 0 fully saturated rings. The first kappa shape index (κ1) is 14.2. The van der Waals surface area contributed by atoms with E-state index < -0.39 is 0 Å². The quantitative estimate of drug-likeness (QED) is 0.738. The molecular formula is C15H12BrCl2NO. The highest BCUT2D eigenvalue weighted by Crippen LogP contribution is 2.43. The van der Waals surface area contributed by atoms with Gasteiger partial charge in [-0.1, -0.05) is 57.3 Å². The van der Waals surface area contributed by atoms with E-state index in [-0.39, 0.29) is 12.1 Å². The highest BCUT2D eigenvalue weighted by Gasteiger charge is 2.28. The molecule has 2 N–H and O–H groups in total. The molecule has 5 heteroatoms. The van der Waals surface area contributed by atoms with E-state index in [0.29, 0.717) is 16.5 Å². The molecule has 0 bridgehead atoms. The van der Waals surface area contributed by atoms with Crippen LogP contribution in [0.4, 0.5) is 0 Å². The molecule has 1 heterocycles. The number of ether oxygens (including phenoxy) is 1. The van der Waals surface area contributed by atoms with Gasteiger partial charge in [-0.25, -0.2) is 0 Å². The average Bonchev–Trinajstić information content (AvgIpc) is 2.41. The number of halogens is 3. The highest BCUT2D eigenvalue weighted by atomic mass is 79.9. The molecule has 0 spiro atoms. The Morgan fingerprint density at radius 3 is 2.75 bits per heavy atom. The maximum atomic E-state index is 6.27. The summed E-state index contributed by atoms with van der Waals surface area (Å²) in [5.74, 6) is 0.791. The fourth-order valence-corrected chi connectivity index (χ4v) is 3.20. The molecule has 2 aromatic rings. The van der Waals surface area contributed by atoms with Crippen molar-refractivity contribution in [3.8, 4) is 5.75 Å². The first-order chi connectivity index (χ1) is 9.56. The van der Waals surface area contributed by atoms with Crippen molar-refractivity contribution in [1.82, 2.24) is 0 Å². The lowest BCUT2D eigenvalue weighted by Gasteiger charge is -2.31. The number of hydrogen-bond donors (Lipinski definition) is 1. The van der Waals surface area contributed by atoms with Crippen molar-refractivity contribution in [2.45, 2.75) is 18.6 Å². The largest absolute Gasteiger partial charge is 0.485 e. The number of rotatable bonds is 1. The molecule has 1 aliphatic rings. The van der Waals surface area contributed by atoms with Crippen molar-refractivity contribution in [2.24, 2.45) is 5.73 Å². The van der Waals surface area contributed by atoms with E-state index in [1.807, 2.05) is 30.3 Å². The third-order valence-corrected chi connectivity index (χ3v) is 4.77. The molecule has 0 aliphatic carbocycles. The van der Waals surface area contributed by atoms with Gasteiger partial charge in [-0.05, 0) is 18.2 Å². The van der Waals surface area contributed by atoms with Gasteiger partial charge in [0.25, 0.3) is 0 Å². The summed E-state index contributed by atoms with van der Waals surface area (Å²) < 4.78 is 7.01. The van der Waals surface area contributed by atoms with Crippen molar-refractivity contribution >= 4 is 39.1 Å². The molecule has 20 heavy (non-hydrogen) atoms. The van der Waals surface area contributed by atoms with Crippen LogP contribution in [0.5, 0.6) is 5.75 Å². The third-order valence-electron chi connectivity index (χ3n) is 3.44. The maximum Gasteiger partial charge on any atom is 0.127 e. The predicted octanol–water partition coefficient (Wildman–Crippen LogP) is 5.28. The Kier molecular flexibility index (Phi) is 3.95. The van der Waals surface area contributed by atoms with Crippen LogP contribution >= 0.6 is 39.1 Å². The van der Waals surface area contributed by atoms with Crippen molar-refractivity contribution in [2.75, 3.05) is 0 Å². The molecule has 0 saturated heterocycles. The van der Waals surface area contributed by atoms with Crippen LogP contribution < -0.4 is 10.5 Å². The standard InChI is InChI=1S/C15H12BrCl2NO/c16-8-4-5-9-12(19)7-14(20-13(9)6-8)10-2-1-3-11(17)15(10)18/h1-6,12,14H,7,19H2. The molecule has 0 amide bonds. The van der Waals surface area contributed by atoms with Gasteiger partial charge in [-0.2, -0.15) is 0 Å². The van der Waals surface area contributed by atoms with Crippen molar-refractivity contribution in [1.29, 1.82) is 0 Å². The van der Waals surface area contributed by atoms with E-state index in [4.69, 9.17) is 33.7 Å². The minimum absolute atomic E-state index is 0.0769. The van der Waals surface area contributed by atoms with E-state index in [1.54, 1.807) is 6.07 Å². The summed E-state index contributed by atoms with van der Waals surface area (Å²) >= 11 is 15.8. The molecular weight excluding hydrogens is 361 g/mol. The highest BCUT2D eigenvalue weighted by molar-refractivity contribution is 9.10. The van der Waals surface area contributed by atoms with Crippen LogP contribution in [-0.2, 0) is 0 Å². The fraction of sp³-hybridized carbons (Fsp3) is 0.200. The smallest absolute Gasteiger partial charge is 0.127 e. The molecule has 0 aromatic heterocycles. The molecule has 0 radical (unpaired) electrons. The molecule has 3 rings (SSSR count). The average molecular weight is 373 g/mol. The van der Waals surface area contributed by atoms with Crippen molar-refractivity contribution in [3.05, 3.63) is 62.0 Å². The number of nitrogens with two attached hydrogens (primary N) is 1. The van der Waals surface area contributed by atoms with E-state index >= 15 is 0 Å². The van der Waals surface area contributed by atoms with Crippen LogP contribution in [0.25, 0.3) is 0 Å². The first-order valence-electron chi connectivity index (χ1n) is 6.22. The summed E-state index contributed by atoms with van der Waals surface area (Å²) in [5.41, 5.74) is 8.13. The Morgan fingerprint density at radius 2 is 1.95 bits per heavy atom. The Balaban J connectivity index is 2.00.